The molecule has 0 heterocycles. The summed E-state index contributed by atoms with van der Waals surface area (Å²) in [7, 11) is 1.69. The van der Waals surface area contributed by atoms with Crippen LogP contribution >= 0.6 is 0 Å². The van der Waals surface area contributed by atoms with E-state index in [0.717, 1.165) is 12.8 Å². The number of hydrogen-bond acceptors (Lipinski definition) is 3. The second kappa shape index (κ2) is 6.34. The topological polar surface area (TPSA) is 47.3 Å². The Hall–Kier alpha value is -0.380. The van der Waals surface area contributed by atoms with Crippen molar-refractivity contribution >= 4 is 0 Å². The van der Waals surface area contributed by atoms with Gasteiger partial charge in [0, 0.05) is 7.11 Å². The lowest BCUT2D eigenvalue weighted by atomic mass is 10.1. The molecule has 3 N–H and O–H groups in total. The van der Waals surface area contributed by atoms with Crippen LogP contribution in [-0.2, 0) is 4.74 Å². The molecule has 0 aromatic rings. The lowest BCUT2D eigenvalue weighted by Crippen LogP contribution is -2.43. The van der Waals surface area contributed by atoms with Crippen molar-refractivity contribution in [2.75, 3.05) is 7.11 Å². The van der Waals surface area contributed by atoms with E-state index in [0.29, 0.717) is 0 Å². The maximum absolute atomic E-state index is 5.29. The van der Waals surface area contributed by atoms with Crippen LogP contribution in [0.25, 0.3) is 0 Å². The van der Waals surface area contributed by atoms with Crippen LogP contribution in [0.5, 0.6) is 0 Å². The summed E-state index contributed by atoms with van der Waals surface area (Å²) in [4.78, 5) is 0. The lowest BCUT2D eigenvalue weighted by molar-refractivity contribution is 0.0745. The van der Waals surface area contributed by atoms with Gasteiger partial charge in [-0.25, -0.2) is 0 Å². The average molecular weight is 158 g/mol. The average Bonchev–Trinajstić information content (AvgIpc) is 2.05. The summed E-state index contributed by atoms with van der Waals surface area (Å²) in [6.07, 6.45) is 3.99. The van der Waals surface area contributed by atoms with Gasteiger partial charge in [-0.15, -0.1) is 6.58 Å². The van der Waals surface area contributed by atoms with Crippen molar-refractivity contribution in [3.05, 3.63) is 12.7 Å². The molecule has 0 aliphatic heterocycles. The normalized spacial score (nSPS) is 15.9. The van der Waals surface area contributed by atoms with Crippen molar-refractivity contribution in [3.63, 3.8) is 0 Å². The zero-order chi connectivity index (χ0) is 8.69. The van der Waals surface area contributed by atoms with E-state index in [9.17, 15) is 0 Å². The van der Waals surface area contributed by atoms with Crippen LogP contribution in [0.4, 0.5) is 0 Å². The number of rotatable bonds is 6. The minimum absolute atomic E-state index is 0.0555. The van der Waals surface area contributed by atoms with Crippen molar-refractivity contribution in [1.29, 1.82) is 0 Å². The first-order chi connectivity index (χ1) is 5.29. The molecule has 2 unspecified atom stereocenters. The summed E-state index contributed by atoms with van der Waals surface area (Å²) < 4.78 is 5.22. The summed E-state index contributed by atoms with van der Waals surface area (Å²) in [5.74, 6) is 5.29. The Kier molecular flexibility index (Phi) is 6.12. The first-order valence-electron chi connectivity index (χ1n) is 3.91. The third kappa shape index (κ3) is 3.51. The van der Waals surface area contributed by atoms with E-state index in [1.165, 1.54) is 0 Å². The molecule has 3 heteroatoms. The Bertz CT molecular complexity index is 106. The number of methoxy groups -OCH3 is 1. The highest BCUT2D eigenvalue weighted by Crippen LogP contribution is 2.06. The molecule has 0 saturated carbocycles. The predicted molar refractivity (Wildman–Crippen MR) is 47.0 cm³/mol. The second-order valence-electron chi connectivity index (χ2n) is 2.49. The van der Waals surface area contributed by atoms with Crippen molar-refractivity contribution in [2.24, 2.45) is 5.84 Å². The second-order valence-corrected chi connectivity index (χ2v) is 2.49. The molecule has 2 atom stereocenters. The molecule has 0 radical (unpaired) electrons. The van der Waals surface area contributed by atoms with Gasteiger partial charge in [0.2, 0.25) is 0 Å². The monoisotopic (exact) mass is 158 g/mol. The first-order valence-corrected chi connectivity index (χ1v) is 3.91. The quantitative estimate of drug-likeness (QED) is 0.342. The summed E-state index contributed by atoms with van der Waals surface area (Å²) in [6.45, 7) is 5.77. The SMILES string of the molecule is C=CC(NN)C(CCC)OC. The van der Waals surface area contributed by atoms with Crippen LogP contribution in [0, 0.1) is 0 Å². The molecule has 0 bridgehead atoms. The summed E-state index contributed by atoms with van der Waals surface area (Å²) >= 11 is 0. The molecule has 0 aliphatic carbocycles. The van der Waals surface area contributed by atoms with E-state index in [2.05, 4.69) is 18.9 Å². The van der Waals surface area contributed by atoms with Crippen molar-refractivity contribution in [1.82, 2.24) is 5.43 Å². The van der Waals surface area contributed by atoms with E-state index in [1.807, 2.05) is 0 Å². The van der Waals surface area contributed by atoms with Gasteiger partial charge in [0.25, 0.3) is 0 Å². The van der Waals surface area contributed by atoms with Gasteiger partial charge in [-0.1, -0.05) is 19.4 Å². The molecule has 3 nitrogen and oxygen atoms in total. The van der Waals surface area contributed by atoms with Crippen molar-refractivity contribution in [3.8, 4) is 0 Å². The van der Waals surface area contributed by atoms with Crippen LogP contribution in [0.3, 0.4) is 0 Å². The van der Waals surface area contributed by atoms with Gasteiger partial charge in [0.15, 0.2) is 0 Å². The number of nitrogens with two attached hydrogens (primary N) is 1. The van der Waals surface area contributed by atoms with E-state index >= 15 is 0 Å². The number of nitrogens with one attached hydrogen (secondary N) is 1. The highest BCUT2D eigenvalue weighted by atomic mass is 16.5. The van der Waals surface area contributed by atoms with Gasteiger partial charge in [-0.3, -0.25) is 11.3 Å². The molecule has 0 rings (SSSR count). The van der Waals surface area contributed by atoms with Crippen LogP contribution < -0.4 is 11.3 Å². The highest BCUT2D eigenvalue weighted by molar-refractivity contribution is 4.90. The molecular weight excluding hydrogens is 140 g/mol. The Morgan fingerprint density at radius 3 is 2.64 bits per heavy atom. The molecule has 0 fully saturated rings. The zero-order valence-electron chi connectivity index (χ0n) is 7.34. The molecule has 66 valence electrons. The molecule has 0 aromatic heterocycles. The Labute approximate surface area is 68.6 Å². The fourth-order valence-electron chi connectivity index (χ4n) is 1.06. The van der Waals surface area contributed by atoms with Crippen LogP contribution in [0.15, 0.2) is 12.7 Å². The Morgan fingerprint density at radius 2 is 2.36 bits per heavy atom. The van der Waals surface area contributed by atoms with Crippen molar-refractivity contribution < 1.29 is 4.74 Å². The zero-order valence-corrected chi connectivity index (χ0v) is 7.34. The first kappa shape index (κ1) is 10.6. The van der Waals surface area contributed by atoms with E-state index in [4.69, 9.17) is 10.6 Å². The summed E-state index contributed by atoms with van der Waals surface area (Å²) in [5.41, 5.74) is 2.64. The standard InChI is InChI=1S/C8H18N2O/c1-4-6-8(11-3)7(5-2)10-9/h5,7-8,10H,2,4,6,9H2,1,3H3. The van der Waals surface area contributed by atoms with Gasteiger partial charge in [-0.2, -0.15) is 0 Å². The fraction of sp³-hybridized carbons (Fsp3) is 0.750. The minimum Gasteiger partial charge on any atom is -0.379 e. The number of hydrogen-bond donors (Lipinski definition) is 2. The molecule has 0 aliphatic rings. The molecule has 0 saturated heterocycles. The minimum atomic E-state index is 0.0555. The van der Waals surface area contributed by atoms with Gasteiger partial charge in [0.05, 0.1) is 12.1 Å². The fourth-order valence-corrected chi connectivity index (χ4v) is 1.06. The van der Waals surface area contributed by atoms with Gasteiger partial charge in [0.1, 0.15) is 0 Å². The molecule has 0 spiro atoms. The molecule has 11 heavy (non-hydrogen) atoms. The van der Waals surface area contributed by atoms with Crippen LogP contribution in [0.1, 0.15) is 19.8 Å². The molecular formula is C8H18N2O. The van der Waals surface area contributed by atoms with Gasteiger partial charge < -0.3 is 4.74 Å². The number of hydrazine groups is 1. The Morgan fingerprint density at radius 1 is 1.73 bits per heavy atom. The highest BCUT2D eigenvalue weighted by Gasteiger charge is 2.14. The molecule has 0 aromatic carbocycles. The van der Waals surface area contributed by atoms with E-state index < -0.39 is 0 Å². The lowest BCUT2D eigenvalue weighted by Gasteiger charge is -2.21. The third-order valence-electron chi connectivity index (χ3n) is 1.72. The molecule has 0 amide bonds. The van der Waals surface area contributed by atoms with Gasteiger partial charge in [-0.05, 0) is 6.42 Å². The van der Waals surface area contributed by atoms with E-state index in [-0.39, 0.29) is 12.1 Å². The largest absolute Gasteiger partial charge is 0.379 e. The third-order valence-corrected chi connectivity index (χ3v) is 1.72. The Balaban J connectivity index is 3.86. The number of ether oxygens (including phenoxy) is 1. The summed E-state index contributed by atoms with van der Waals surface area (Å²) in [5, 5.41) is 0. The van der Waals surface area contributed by atoms with E-state index in [1.54, 1.807) is 13.2 Å². The smallest absolute Gasteiger partial charge is 0.0772 e. The van der Waals surface area contributed by atoms with Crippen LogP contribution in [0.2, 0.25) is 0 Å². The van der Waals surface area contributed by atoms with Gasteiger partial charge >= 0.3 is 0 Å². The predicted octanol–water partition coefficient (Wildman–Crippen LogP) is 0.819. The van der Waals surface area contributed by atoms with Crippen molar-refractivity contribution in [2.45, 2.75) is 31.9 Å². The maximum Gasteiger partial charge on any atom is 0.0772 e. The maximum atomic E-state index is 5.29. The van der Waals surface area contributed by atoms with Crippen LogP contribution in [-0.4, -0.2) is 19.3 Å². The summed E-state index contributed by atoms with van der Waals surface area (Å²) in [6, 6.07) is 0.0555.